The van der Waals surface area contributed by atoms with Crippen LogP contribution in [0.25, 0.3) is 0 Å². The maximum Gasteiger partial charge on any atom is 0.139 e. The molecule has 0 aromatic heterocycles. The van der Waals surface area contributed by atoms with E-state index >= 15 is 0 Å². The zero-order valence-electron chi connectivity index (χ0n) is 8.67. The van der Waals surface area contributed by atoms with E-state index < -0.39 is 11.6 Å². The summed E-state index contributed by atoms with van der Waals surface area (Å²) in [5.41, 5.74) is -0.696. The Kier molecular flexibility index (Phi) is 3.46. The van der Waals surface area contributed by atoms with Crippen molar-refractivity contribution in [3.05, 3.63) is 0 Å². The maximum atomic E-state index is 9.25. The summed E-state index contributed by atoms with van der Waals surface area (Å²) in [4.78, 5) is 0. The third-order valence-corrected chi connectivity index (χ3v) is 3.09. The van der Waals surface area contributed by atoms with Crippen LogP contribution >= 0.6 is 0 Å². The van der Waals surface area contributed by atoms with Gasteiger partial charge in [0.25, 0.3) is 0 Å². The van der Waals surface area contributed by atoms with Gasteiger partial charge in [-0.25, -0.2) is 0 Å². The fourth-order valence-electron chi connectivity index (χ4n) is 2.22. The van der Waals surface area contributed by atoms with Crippen molar-refractivity contribution < 1.29 is 0 Å². The summed E-state index contributed by atoms with van der Waals surface area (Å²) < 4.78 is 0. The first-order valence-corrected chi connectivity index (χ1v) is 5.04. The molecule has 0 aromatic carbocycles. The SMILES string of the molecule is CCC(CC)C1(C#N)NCNC1C#N. The van der Waals surface area contributed by atoms with Crippen LogP contribution in [0.5, 0.6) is 0 Å². The molecule has 1 aliphatic rings. The summed E-state index contributed by atoms with van der Waals surface area (Å²) in [6.45, 7) is 4.66. The van der Waals surface area contributed by atoms with Gasteiger partial charge in [-0.3, -0.25) is 10.6 Å². The molecule has 1 fully saturated rings. The minimum Gasteiger partial charge on any atom is -0.287 e. The number of hydrogen-bond acceptors (Lipinski definition) is 4. The van der Waals surface area contributed by atoms with Gasteiger partial charge < -0.3 is 0 Å². The average Bonchev–Trinajstić information content (AvgIpc) is 2.64. The number of nitrogens with zero attached hydrogens (tertiary/aromatic N) is 2. The number of hydrogen-bond donors (Lipinski definition) is 2. The Morgan fingerprint density at radius 3 is 2.50 bits per heavy atom. The van der Waals surface area contributed by atoms with E-state index in [9.17, 15) is 5.26 Å². The molecule has 14 heavy (non-hydrogen) atoms. The summed E-state index contributed by atoms with van der Waals surface area (Å²) in [5, 5.41) is 24.3. The molecule has 0 bridgehead atoms. The lowest BCUT2D eigenvalue weighted by Gasteiger charge is -2.31. The van der Waals surface area contributed by atoms with Gasteiger partial charge in [-0.2, -0.15) is 10.5 Å². The molecule has 2 atom stereocenters. The number of nitrogens with one attached hydrogen (secondary N) is 2. The highest BCUT2D eigenvalue weighted by Gasteiger charge is 2.48. The van der Waals surface area contributed by atoms with Crippen molar-refractivity contribution >= 4 is 0 Å². The molecule has 1 rings (SSSR count). The minimum absolute atomic E-state index is 0.229. The summed E-state index contributed by atoms with van der Waals surface area (Å²) >= 11 is 0. The molecule has 0 aromatic rings. The Balaban J connectivity index is 2.97. The molecule has 0 aliphatic carbocycles. The fraction of sp³-hybridized carbons (Fsp3) is 0.800. The average molecular weight is 192 g/mol. The van der Waals surface area contributed by atoms with Crippen molar-refractivity contribution in [2.75, 3.05) is 6.67 Å². The van der Waals surface area contributed by atoms with E-state index in [1.165, 1.54) is 0 Å². The quantitative estimate of drug-likeness (QED) is 0.691. The van der Waals surface area contributed by atoms with Crippen LogP contribution in [-0.4, -0.2) is 18.2 Å². The first kappa shape index (κ1) is 11.0. The largest absolute Gasteiger partial charge is 0.287 e. The van der Waals surface area contributed by atoms with Crippen LogP contribution in [0.1, 0.15) is 26.7 Å². The van der Waals surface area contributed by atoms with Crippen LogP contribution in [0, 0.1) is 28.6 Å². The van der Waals surface area contributed by atoms with E-state index in [2.05, 4.69) is 36.6 Å². The van der Waals surface area contributed by atoms with Gasteiger partial charge in [0.2, 0.25) is 0 Å². The summed E-state index contributed by atoms with van der Waals surface area (Å²) in [6.07, 6.45) is 1.83. The van der Waals surface area contributed by atoms with Crippen molar-refractivity contribution in [2.45, 2.75) is 38.3 Å². The van der Waals surface area contributed by atoms with Crippen LogP contribution in [0.3, 0.4) is 0 Å². The zero-order valence-corrected chi connectivity index (χ0v) is 8.67. The van der Waals surface area contributed by atoms with Crippen molar-refractivity contribution in [1.82, 2.24) is 10.6 Å². The second-order valence-electron chi connectivity index (χ2n) is 3.61. The lowest BCUT2D eigenvalue weighted by atomic mass is 9.77. The van der Waals surface area contributed by atoms with Crippen LogP contribution in [0.15, 0.2) is 0 Å². The van der Waals surface area contributed by atoms with E-state index in [4.69, 9.17) is 5.26 Å². The topological polar surface area (TPSA) is 71.6 Å². The van der Waals surface area contributed by atoms with Gasteiger partial charge in [0.1, 0.15) is 11.6 Å². The molecular formula is C10H16N4. The van der Waals surface area contributed by atoms with Crippen molar-refractivity contribution in [2.24, 2.45) is 5.92 Å². The zero-order chi connectivity index (χ0) is 10.6. The van der Waals surface area contributed by atoms with E-state index in [1.807, 2.05) is 0 Å². The van der Waals surface area contributed by atoms with Gasteiger partial charge >= 0.3 is 0 Å². The Bertz CT molecular complexity index is 271. The molecule has 0 spiro atoms. The van der Waals surface area contributed by atoms with Crippen LogP contribution in [0.4, 0.5) is 0 Å². The monoisotopic (exact) mass is 192 g/mol. The van der Waals surface area contributed by atoms with Crippen molar-refractivity contribution in [1.29, 1.82) is 10.5 Å². The highest BCUT2D eigenvalue weighted by atomic mass is 15.2. The maximum absolute atomic E-state index is 9.25. The molecule has 4 heteroatoms. The molecule has 1 aliphatic heterocycles. The number of rotatable bonds is 3. The third-order valence-electron chi connectivity index (χ3n) is 3.09. The molecule has 1 saturated heterocycles. The van der Waals surface area contributed by atoms with Gasteiger partial charge in [0.05, 0.1) is 12.1 Å². The second kappa shape index (κ2) is 4.41. The fourth-order valence-corrected chi connectivity index (χ4v) is 2.22. The van der Waals surface area contributed by atoms with Crippen molar-refractivity contribution in [3.8, 4) is 12.1 Å². The molecule has 2 unspecified atom stereocenters. The third kappa shape index (κ3) is 1.48. The lowest BCUT2D eigenvalue weighted by Crippen LogP contribution is -2.53. The second-order valence-corrected chi connectivity index (χ2v) is 3.61. The predicted molar refractivity (Wildman–Crippen MR) is 53.0 cm³/mol. The smallest absolute Gasteiger partial charge is 0.139 e. The Morgan fingerprint density at radius 2 is 2.07 bits per heavy atom. The van der Waals surface area contributed by atoms with Crippen molar-refractivity contribution in [3.63, 3.8) is 0 Å². The van der Waals surface area contributed by atoms with Gasteiger partial charge in [0.15, 0.2) is 0 Å². The van der Waals surface area contributed by atoms with E-state index in [0.29, 0.717) is 6.67 Å². The van der Waals surface area contributed by atoms with Crippen LogP contribution < -0.4 is 10.6 Å². The first-order valence-electron chi connectivity index (χ1n) is 5.04. The standard InChI is InChI=1S/C10H16N4/c1-3-8(4-2)10(6-12)9(5-11)13-7-14-10/h8-9,13-14H,3-4,7H2,1-2H3. The number of nitriles is 2. The van der Waals surface area contributed by atoms with Gasteiger partial charge in [-0.1, -0.05) is 26.7 Å². The molecule has 76 valence electrons. The highest BCUT2D eigenvalue weighted by Crippen LogP contribution is 2.29. The lowest BCUT2D eigenvalue weighted by molar-refractivity contribution is 0.282. The normalized spacial score (nSPS) is 31.4. The minimum atomic E-state index is -0.696. The van der Waals surface area contributed by atoms with E-state index in [1.54, 1.807) is 0 Å². The Labute approximate surface area is 84.9 Å². The molecular weight excluding hydrogens is 176 g/mol. The highest BCUT2D eigenvalue weighted by molar-refractivity contribution is 5.25. The molecule has 0 saturated carbocycles. The van der Waals surface area contributed by atoms with E-state index in [-0.39, 0.29) is 5.92 Å². The summed E-state index contributed by atoms with van der Waals surface area (Å²) in [6, 6.07) is 4.05. The molecule has 1 heterocycles. The van der Waals surface area contributed by atoms with Crippen LogP contribution in [-0.2, 0) is 0 Å². The predicted octanol–water partition coefficient (Wildman–Crippen LogP) is 0.727. The molecule has 0 radical (unpaired) electrons. The Hall–Kier alpha value is -1.10. The molecule has 4 nitrogen and oxygen atoms in total. The van der Waals surface area contributed by atoms with Gasteiger partial charge in [-0.05, 0) is 5.92 Å². The Morgan fingerprint density at radius 1 is 1.43 bits per heavy atom. The first-order chi connectivity index (χ1) is 6.75. The molecule has 2 N–H and O–H groups in total. The van der Waals surface area contributed by atoms with E-state index in [0.717, 1.165) is 12.8 Å². The van der Waals surface area contributed by atoms with Gasteiger partial charge in [-0.15, -0.1) is 0 Å². The van der Waals surface area contributed by atoms with Crippen LogP contribution in [0.2, 0.25) is 0 Å². The van der Waals surface area contributed by atoms with Gasteiger partial charge in [0, 0.05) is 6.67 Å². The summed E-state index contributed by atoms with van der Waals surface area (Å²) in [7, 11) is 0. The molecule has 0 amide bonds. The summed E-state index contributed by atoms with van der Waals surface area (Å²) in [5.74, 6) is 0.229.